The van der Waals surface area contributed by atoms with E-state index in [4.69, 9.17) is 5.26 Å². The van der Waals surface area contributed by atoms with Gasteiger partial charge in [-0.2, -0.15) is 10.4 Å². The summed E-state index contributed by atoms with van der Waals surface area (Å²) in [5, 5.41) is 24.5. The molecular formula is C14H14N4O2. The Labute approximate surface area is 116 Å². The zero-order valence-corrected chi connectivity index (χ0v) is 11.3. The zero-order valence-electron chi connectivity index (χ0n) is 11.3. The van der Waals surface area contributed by atoms with Crippen LogP contribution in [0.15, 0.2) is 24.3 Å². The van der Waals surface area contributed by atoms with Gasteiger partial charge in [-0.1, -0.05) is 19.9 Å². The minimum atomic E-state index is -0.380. The van der Waals surface area contributed by atoms with Gasteiger partial charge in [0, 0.05) is 0 Å². The normalized spacial score (nSPS) is 10.2. The number of nitrogens with zero attached hydrogens (tertiary/aromatic N) is 4. The van der Waals surface area contributed by atoms with Gasteiger partial charge in [-0.15, -0.1) is 0 Å². The van der Waals surface area contributed by atoms with E-state index in [-0.39, 0.29) is 10.6 Å². The Balaban J connectivity index is 2.68. The summed E-state index contributed by atoms with van der Waals surface area (Å²) in [5.41, 5.74) is 2.28. The molecule has 0 bridgehead atoms. The number of benzene rings is 1. The summed E-state index contributed by atoms with van der Waals surface area (Å²) in [6, 6.07) is 8.95. The molecule has 2 aromatic rings. The molecule has 0 saturated carbocycles. The molecule has 0 amide bonds. The Kier molecular flexibility index (Phi) is 3.80. The SMILES string of the molecule is CCc1nn(-c2cccc(C#N)c2)c(CC)c1[N+](=O)[O-]. The lowest BCUT2D eigenvalue weighted by molar-refractivity contribution is -0.386. The molecule has 0 aliphatic heterocycles. The van der Waals surface area contributed by atoms with Crippen molar-refractivity contribution in [2.24, 2.45) is 0 Å². The topological polar surface area (TPSA) is 84.8 Å². The third-order valence-corrected chi connectivity index (χ3v) is 3.10. The Morgan fingerprint density at radius 3 is 2.70 bits per heavy atom. The van der Waals surface area contributed by atoms with Gasteiger partial charge in [0.1, 0.15) is 11.4 Å². The minimum absolute atomic E-state index is 0.0809. The average Bonchev–Trinajstić information content (AvgIpc) is 2.86. The number of nitriles is 1. The van der Waals surface area contributed by atoms with Gasteiger partial charge < -0.3 is 0 Å². The number of rotatable bonds is 4. The summed E-state index contributed by atoms with van der Waals surface area (Å²) in [5.74, 6) is 0. The molecule has 0 aliphatic carbocycles. The van der Waals surface area contributed by atoms with Gasteiger partial charge in [0.2, 0.25) is 0 Å². The molecule has 0 radical (unpaired) electrons. The van der Waals surface area contributed by atoms with E-state index in [1.165, 1.54) is 0 Å². The van der Waals surface area contributed by atoms with Crippen molar-refractivity contribution in [3.05, 3.63) is 51.3 Å². The molecule has 2 rings (SSSR count). The number of hydrogen-bond acceptors (Lipinski definition) is 4. The first kappa shape index (κ1) is 13.7. The summed E-state index contributed by atoms with van der Waals surface area (Å²) in [6.07, 6.45) is 0.994. The van der Waals surface area contributed by atoms with Gasteiger partial charge in [-0.3, -0.25) is 10.1 Å². The lowest BCUT2D eigenvalue weighted by atomic mass is 10.2. The highest BCUT2D eigenvalue weighted by molar-refractivity contribution is 5.48. The Bertz CT molecular complexity index is 698. The van der Waals surface area contributed by atoms with Gasteiger partial charge in [0.15, 0.2) is 0 Å². The van der Waals surface area contributed by atoms with Crippen molar-refractivity contribution in [1.82, 2.24) is 9.78 Å². The first-order chi connectivity index (χ1) is 9.62. The summed E-state index contributed by atoms with van der Waals surface area (Å²) < 4.78 is 1.57. The van der Waals surface area contributed by atoms with E-state index >= 15 is 0 Å². The highest BCUT2D eigenvalue weighted by atomic mass is 16.6. The summed E-state index contributed by atoms with van der Waals surface area (Å²) in [4.78, 5) is 10.8. The highest BCUT2D eigenvalue weighted by Crippen LogP contribution is 2.27. The molecule has 0 saturated heterocycles. The largest absolute Gasteiger partial charge is 0.313 e. The second-order valence-corrected chi connectivity index (χ2v) is 4.28. The van der Waals surface area contributed by atoms with Gasteiger partial charge in [0.25, 0.3) is 0 Å². The van der Waals surface area contributed by atoms with Crippen LogP contribution in [-0.4, -0.2) is 14.7 Å². The molecule has 102 valence electrons. The molecular weight excluding hydrogens is 256 g/mol. The minimum Gasteiger partial charge on any atom is -0.258 e. The van der Waals surface area contributed by atoms with Crippen LogP contribution < -0.4 is 0 Å². The number of hydrogen-bond donors (Lipinski definition) is 0. The van der Waals surface area contributed by atoms with Crippen LogP contribution in [0, 0.1) is 21.4 Å². The molecule has 0 unspecified atom stereocenters. The fourth-order valence-electron chi connectivity index (χ4n) is 2.18. The van der Waals surface area contributed by atoms with Crippen molar-refractivity contribution < 1.29 is 4.92 Å². The predicted octanol–water partition coefficient (Wildman–Crippen LogP) is 2.78. The Hall–Kier alpha value is -2.68. The smallest absolute Gasteiger partial charge is 0.258 e. The van der Waals surface area contributed by atoms with Crippen molar-refractivity contribution in [2.45, 2.75) is 26.7 Å². The number of aromatic nitrogens is 2. The van der Waals surface area contributed by atoms with Crippen LogP contribution in [0.5, 0.6) is 0 Å². The maximum atomic E-state index is 11.2. The number of nitro groups is 1. The molecule has 0 atom stereocenters. The molecule has 0 spiro atoms. The van der Waals surface area contributed by atoms with Crippen molar-refractivity contribution >= 4 is 5.69 Å². The first-order valence-electron chi connectivity index (χ1n) is 6.38. The van der Waals surface area contributed by atoms with E-state index < -0.39 is 0 Å². The van der Waals surface area contributed by atoms with Crippen molar-refractivity contribution in [1.29, 1.82) is 5.26 Å². The molecule has 0 N–H and O–H groups in total. The predicted molar refractivity (Wildman–Crippen MR) is 73.7 cm³/mol. The van der Waals surface area contributed by atoms with Crippen molar-refractivity contribution in [3.8, 4) is 11.8 Å². The van der Waals surface area contributed by atoms with Gasteiger partial charge in [-0.05, 0) is 31.0 Å². The van der Waals surface area contributed by atoms with E-state index in [9.17, 15) is 10.1 Å². The van der Waals surface area contributed by atoms with Crippen LogP contribution >= 0.6 is 0 Å². The van der Waals surface area contributed by atoms with E-state index in [0.29, 0.717) is 35.5 Å². The first-order valence-corrected chi connectivity index (χ1v) is 6.38. The van der Waals surface area contributed by atoms with E-state index in [0.717, 1.165) is 0 Å². The zero-order chi connectivity index (χ0) is 14.7. The van der Waals surface area contributed by atoms with Crippen LogP contribution in [-0.2, 0) is 12.8 Å². The molecule has 0 fully saturated rings. The summed E-state index contributed by atoms with van der Waals surface area (Å²) >= 11 is 0. The standard InChI is InChI=1S/C14H14N4O2/c1-3-12-14(18(19)20)13(4-2)17(16-12)11-7-5-6-10(8-11)9-15/h5-8H,3-4H2,1-2H3. The van der Waals surface area contributed by atoms with Crippen LogP contribution in [0.3, 0.4) is 0 Å². The van der Waals surface area contributed by atoms with E-state index in [1.807, 2.05) is 13.8 Å². The van der Waals surface area contributed by atoms with Crippen LogP contribution in [0.25, 0.3) is 5.69 Å². The molecule has 1 aromatic heterocycles. The highest BCUT2D eigenvalue weighted by Gasteiger charge is 2.25. The third kappa shape index (κ3) is 2.26. The fraction of sp³-hybridized carbons (Fsp3) is 0.286. The lowest BCUT2D eigenvalue weighted by Crippen LogP contribution is -2.03. The lowest BCUT2D eigenvalue weighted by Gasteiger charge is -2.05. The summed E-state index contributed by atoms with van der Waals surface area (Å²) in [7, 11) is 0. The summed E-state index contributed by atoms with van der Waals surface area (Å²) in [6.45, 7) is 3.69. The second kappa shape index (κ2) is 5.53. The fourth-order valence-corrected chi connectivity index (χ4v) is 2.18. The van der Waals surface area contributed by atoms with Gasteiger partial charge >= 0.3 is 5.69 Å². The van der Waals surface area contributed by atoms with E-state index in [1.54, 1.807) is 28.9 Å². The molecule has 0 aliphatic rings. The van der Waals surface area contributed by atoms with Gasteiger partial charge in [0.05, 0.1) is 22.2 Å². The van der Waals surface area contributed by atoms with Gasteiger partial charge in [-0.25, -0.2) is 4.68 Å². The van der Waals surface area contributed by atoms with E-state index in [2.05, 4.69) is 11.2 Å². The maximum absolute atomic E-state index is 11.2. The van der Waals surface area contributed by atoms with Crippen LogP contribution in [0.1, 0.15) is 30.8 Å². The van der Waals surface area contributed by atoms with Crippen molar-refractivity contribution in [3.63, 3.8) is 0 Å². The molecule has 6 nitrogen and oxygen atoms in total. The third-order valence-electron chi connectivity index (χ3n) is 3.10. The van der Waals surface area contributed by atoms with Crippen LogP contribution in [0.4, 0.5) is 5.69 Å². The molecule has 6 heteroatoms. The molecule has 1 aromatic carbocycles. The molecule has 1 heterocycles. The maximum Gasteiger partial charge on any atom is 0.313 e. The second-order valence-electron chi connectivity index (χ2n) is 4.28. The quantitative estimate of drug-likeness (QED) is 0.631. The average molecular weight is 270 g/mol. The number of aryl methyl sites for hydroxylation is 1. The monoisotopic (exact) mass is 270 g/mol. The Morgan fingerprint density at radius 2 is 2.15 bits per heavy atom. The Morgan fingerprint density at radius 1 is 1.40 bits per heavy atom. The van der Waals surface area contributed by atoms with Crippen molar-refractivity contribution in [2.75, 3.05) is 0 Å². The molecule has 20 heavy (non-hydrogen) atoms. The van der Waals surface area contributed by atoms with Crippen LogP contribution in [0.2, 0.25) is 0 Å².